The highest BCUT2D eigenvalue weighted by molar-refractivity contribution is 7.89. The predicted molar refractivity (Wildman–Crippen MR) is 116 cm³/mol. The highest BCUT2D eigenvalue weighted by Crippen LogP contribution is 2.19. The minimum Gasteiger partial charge on any atom is -0.494 e. The van der Waals surface area contributed by atoms with Crippen molar-refractivity contribution in [3.63, 3.8) is 0 Å². The molecule has 1 aliphatic heterocycles. The van der Waals surface area contributed by atoms with Gasteiger partial charge in [0.2, 0.25) is 10.0 Å². The molecule has 0 radical (unpaired) electrons. The molecule has 2 aromatic rings. The lowest BCUT2D eigenvalue weighted by atomic mass is 10.1. The van der Waals surface area contributed by atoms with Crippen molar-refractivity contribution in [3.8, 4) is 5.75 Å². The van der Waals surface area contributed by atoms with Gasteiger partial charge in [-0.3, -0.25) is 4.79 Å². The number of carbonyl (C=O) groups excluding carboxylic acids is 1. The molecule has 30 heavy (non-hydrogen) atoms. The molecule has 0 amide bonds. The van der Waals surface area contributed by atoms with Crippen LogP contribution in [0.5, 0.6) is 5.75 Å². The number of carbonyl (C=O) groups is 1. The summed E-state index contributed by atoms with van der Waals surface area (Å²) in [6.07, 6.45) is 5.32. The number of nitrogens with zero attached hydrogens (tertiary/aromatic N) is 1. The van der Waals surface area contributed by atoms with Gasteiger partial charge in [-0.15, -0.1) is 0 Å². The molecule has 2 aromatic carbocycles. The average Bonchev–Trinajstić information content (AvgIpc) is 2.79. The number of ketones is 1. The summed E-state index contributed by atoms with van der Waals surface area (Å²) >= 11 is 0. The first-order chi connectivity index (χ1) is 14.5. The van der Waals surface area contributed by atoms with Gasteiger partial charge < -0.3 is 9.47 Å². The van der Waals surface area contributed by atoms with E-state index >= 15 is 0 Å². The molecular weight excluding hydrogens is 402 g/mol. The highest BCUT2D eigenvalue weighted by Gasteiger charge is 2.26. The number of morpholine rings is 1. The Hall–Kier alpha value is -2.48. The number of hydrogen-bond acceptors (Lipinski definition) is 5. The zero-order chi connectivity index (χ0) is 21.4. The van der Waals surface area contributed by atoms with Crippen LogP contribution < -0.4 is 4.74 Å². The molecule has 0 N–H and O–H groups in total. The van der Waals surface area contributed by atoms with Gasteiger partial charge in [0.1, 0.15) is 5.75 Å². The van der Waals surface area contributed by atoms with Crippen molar-refractivity contribution in [1.82, 2.24) is 4.31 Å². The molecule has 1 heterocycles. The lowest BCUT2D eigenvalue weighted by molar-refractivity contribution is 0.0730. The Bertz CT molecular complexity index is 960. The third-order valence-corrected chi connectivity index (χ3v) is 6.73. The molecule has 1 aliphatic rings. The van der Waals surface area contributed by atoms with Crippen LogP contribution in [0.1, 0.15) is 35.7 Å². The van der Waals surface area contributed by atoms with Gasteiger partial charge >= 0.3 is 0 Å². The maximum absolute atomic E-state index is 12.7. The number of rotatable bonds is 9. The number of benzene rings is 2. The molecule has 1 fully saturated rings. The molecule has 160 valence electrons. The Morgan fingerprint density at radius 1 is 1.07 bits per heavy atom. The largest absolute Gasteiger partial charge is 0.494 e. The molecule has 0 spiro atoms. The highest BCUT2D eigenvalue weighted by atomic mass is 32.2. The van der Waals surface area contributed by atoms with Crippen LogP contribution in [0.25, 0.3) is 6.08 Å². The fourth-order valence-electron chi connectivity index (χ4n) is 3.00. The normalized spacial score (nSPS) is 15.4. The van der Waals surface area contributed by atoms with E-state index in [0.717, 1.165) is 24.2 Å². The lowest BCUT2D eigenvalue weighted by Crippen LogP contribution is -2.40. The van der Waals surface area contributed by atoms with Gasteiger partial charge in [-0.25, -0.2) is 8.42 Å². The molecule has 0 saturated carbocycles. The third kappa shape index (κ3) is 5.78. The van der Waals surface area contributed by atoms with Gasteiger partial charge in [-0.1, -0.05) is 31.6 Å². The van der Waals surface area contributed by atoms with Crippen LogP contribution in [0.15, 0.2) is 59.5 Å². The van der Waals surface area contributed by atoms with Crippen LogP contribution in [0.2, 0.25) is 0 Å². The van der Waals surface area contributed by atoms with Crippen molar-refractivity contribution in [3.05, 3.63) is 65.7 Å². The Kier molecular flexibility index (Phi) is 7.79. The standard InChI is InChI=1S/C23H27NO5S/c1-2-3-16-29-21-9-4-19(5-10-21)6-13-23(25)20-7-11-22(12-8-20)30(26,27)24-14-17-28-18-15-24/h4-13H,2-3,14-18H2,1H3/b13-6+. The number of sulfonamides is 1. The molecular formula is C23H27NO5S. The smallest absolute Gasteiger partial charge is 0.243 e. The number of ether oxygens (including phenoxy) is 2. The van der Waals surface area contributed by atoms with E-state index in [-0.39, 0.29) is 10.7 Å². The van der Waals surface area contributed by atoms with E-state index in [1.165, 1.54) is 22.5 Å². The first kappa shape index (κ1) is 22.2. The topological polar surface area (TPSA) is 72.9 Å². The number of unbranched alkanes of at least 4 members (excludes halogenated alkanes) is 1. The molecule has 7 heteroatoms. The summed E-state index contributed by atoms with van der Waals surface area (Å²) in [5.74, 6) is 0.623. The number of allylic oxidation sites excluding steroid dienone is 1. The predicted octanol–water partition coefficient (Wildman–Crippen LogP) is 3.78. The SMILES string of the molecule is CCCCOc1ccc(/C=C/C(=O)c2ccc(S(=O)(=O)N3CCOCC3)cc2)cc1. The molecule has 1 saturated heterocycles. The summed E-state index contributed by atoms with van der Waals surface area (Å²) in [5.41, 5.74) is 1.32. The van der Waals surface area contributed by atoms with Crippen molar-refractivity contribution < 1.29 is 22.7 Å². The molecule has 3 rings (SSSR count). The Morgan fingerprint density at radius 2 is 1.73 bits per heavy atom. The maximum atomic E-state index is 12.7. The molecule has 0 bridgehead atoms. The van der Waals surface area contributed by atoms with Crippen LogP contribution >= 0.6 is 0 Å². The van der Waals surface area contributed by atoms with Crippen molar-refractivity contribution in [2.24, 2.45) is 0 Å². The van der Waals surface area contributed by atoms with Crippen LogP contribution in [-0.2, 0) is 14.8 Å². The molecule has 0 atom stereocenters. The first-order valence-electron chi connectivity index (χ1n) is 10.1. The molecule has 0 unspecified atom stereocenters. The van der Waals surface area contributed by atoms with E-state index in [4.69, 9.17) is 9.47 Å². The minimum absolute atomic E-state index is 0.184. The van der Waals surface area contributed by atoms with Gasteiger partial charge in [0, 0.05) is 18.7 Å². The van der Waals surface area contributed by atoms with E-state index in [9.17, 15) is 13.2 Å². The molecule has 0 aliphatic carbocycles. The third-order valence-electron chi connectivity index (χ3n) is 4.82. The van der Waals surface area contributed by atoms with Crippen molar-refractivity contribution in [2.75, 3.05) is 32.9 Å². The second kappa shape index (κ2) is 10.5. The van der Waals surface area contributed by atoms with Crippen LogP contribution in [0, 0.1) is 0 Å². The Balaban J connectivity index is 1.61. The van der Waals surface area contributed by atoms with E-state index in [1.54, 1.807) is 18.2 Å². The Labute approximate surface area is 178 Å². The zero-order valence-corrected chi connectivity index (χ0v) is 17.9. The van der Waals surface area contributed by atoms with Crippen LogP contribution in [0.4, 0.5) is 0 Å². The number of hydrogen-bond donors (Lipinski definition) is 0. The summed E-state index contributed by atoms with van der Waals surface area (Å²) < 4.78 is 37.5. The van der Waals surface area contributed by atoms with Crippen LogP contribution in [0.3, 0.4) is 0 Å². The van der Waals surface area contributed by atoms with Gasteiger partial charge in [-0.05, 0) is 54.5 Å². The van der Waals surface area contributed by atoms with Crippen molar-refractivity contribution >= 4 is 21.9 Å². The van der Waals surface area contributed by atoms with Gasteiger partial charge in [0.25, 0.3) is 0 Å². The summed E-state index contributed by atoms with van der Waals surface area (Å²) in [4.78, 5) is 12.6. The van der Waals surface area contributed by atoms with Crippen LogP contribution in [-0.4, -0.2) is 51.4 Å². The van der Waals surface area contributed by atoms with Crippen molar-refractivity contribution in [2.45, 2.75) is 24.7 Å². The van der Waals surface area contributed by atoms with E-state index in [2.05, 4.69) is 6.92 Å². The van der Waals surface area contributed by atoms with Gasteiger partial charge in [-0.2, -0.15) is 4.31 Å². The summed E-state index contributed by atoms with van der Waals surface area (Å²) in [6, 6.07) is 13.6. The maximum Gasteiger partial charge on any atom is 0.243 e. The second-order valence-corrected chi connectivity index (χ2v) is 8.95. The van der Waals surface area contributed by atoms with E-state index in [0.29, 0.717) is 38.5 Å². The lowest BCUT2D eigenvalue weighted by Gasteiger charge is -2.26. The fourth-order valence-corrected chi connectivity index (χ4v) is 4.41. The minimum atomic E-state index is -3.56. The first-order valence-corrected chi connectivity index (χ1v) is 11.6. The zero-order valence-electron chi connectivity index (χ0n) is 17.1. The van der Waals surface area contributed by atoms with Crippen molar-refractivity contribution in [1.29, 1.82) is 0 Å². The van der Waals surface area contributed by atoms with E-state index in [1.807, 2.05) is 24.3 Å². The fraction of sp³-hybridized carbons (Fsp3) is 0.348. The Morgan fingerprint density at radius 3 is 2.37 bits per heavy atom. The van der Waals surface area contributed by atoms with Gasteiger partial charge in [0.05, 0.1) is 24.7 Å². The summed E-state index contributed by atoms with van der Waals surface area (Å²) in [7, 11) is -3.56. The van der Waals surface area contributed by atoms with E-state index < -0.39 is 10.0 Å². The summed E-state index contributed by atoms with van der Waals surface area (Å²) in [5, 5.41) is 0. The quantitative estimate of drug-likeness (QED) is 0.345. The van der Waals surface area contributed by atoms with Gasteiger partial charge in [0.15, 0.2) is 5.78 Å². The molecule has 6 nitrogen and oxygen atoms in total. The molecule has 0 aromatic heterocycles. The average molecular weight is 430 g/mol. The monoisotopic (exact) mass is 429 g/mol. The second-order valence-electron chi connectivity index (χ2n) is 7.01. The summed E-state index contributed by atoms with van der Waals surface area (Å²) in [6.45, 7) is 4.29.